The van der Waals surface area contributed by atoms with Gasteiger partial charge in [-0.15, -0.1) is 0 Å². The van der Waals surface area contributed by atoms with E-state index in [4.69, 9.17) is 0 Å². The smallest absolute Gasteiger partial charge is 0.437 e. The number of amides is 1. The van der Waals surface area contributed by atoms with Crippen molar-refractivity contribution in [2.75, 3.05) is 20.2 Å². The molecule has 0 aromatic heterocycles. The van der Waals surface area contributed by atoms with Crippen molar-refractivity contribution >= 4 is 18.0 Å². The van der Waals surface area contributed by atoms with Crippen LogP contribution < -0.4 is 0 Å². The van der Waals surface area contributed by atoms with Gasteiger partial charge in [0, 0.05) is 19.5 Å². The minimum atomic E-state index is -1.04. The van der Waals surface area contributed by atoms with Gasteiger partial charge in [-0.2, -0.15) is 0 Å². The monoisotopic (exact) mass is 295 g/mol. The summed E-state index contributed by atoms with van der Waals surface area (Å²) in [6.07, 6.45) is 3.97. The maximum atomic E-state index is 12.0. The molecule has 1 rings (SSSR count). The highest BCUT2D eigenvalue weighted by atomic mass is 16.7. The molecule has 0 aromatic carbocycles. The zero-order valence-electron chi connectivity index (χ0n) is 12.5. The number of likely N-dealkylation sites (tertiary alicyclic amines) is 1. The van der Waals surface area contributed by atoms with Crippen molar-refractivity contribution in [1.29, 1.82) is 0 Å². The van der Waals surface area contributed by atoms with Crippen molar-refractivity contribution in [2.45, 2.75) is 26.2 Å². The Morgan fingerprint density at radius 1 is 1.48 bits per heavy atom. The first kappa shape index (κ1) is 16.9. The number of carbonyl (C=O) groups is 3. The lowest BCUT2D eigenvalue weighted by Crippen LogP contribution is -2.42. The average Bonchev–Trinajstić information content (AvgIpc) is 2.49. The van der Waals surface area contributed by atoms with E-state index in [0.29, 0.717) is 19.5 Å². The van der Waals surface area contributed by atoms with E-state index in [-0.39, 0.29) is 12.3 Å². The van der Waals surface area contributed by atoms with Gasteiger partial charge in [-0.3, -0.25) is 9.59 Å². The first-order valence-corrected chi connectivity index (χ1v) is 6.86. The van der Waals surface area contributed by atoms with Crippen LogP contribution in [0.2, 0.25) is 0 Å². The Labute approximate surface area is 124 Å². The van der Waals surface area contributed by atoms with Gasteiger partial charge >= 0.3 is 12.1 Å². The summed E-state index contributed by atoms with van der Waals surface area (Å²) in [5.74, 6) is -1.38. The fourth-order valence-electron chi connectivity index (χ4n) is 2.15. The first-order valence-electron chi connectivity index (χ1n) is 6.86. The molecule has 1 heterocycles. The summed E-state index contributed by atoms with van der Waals surface area (Å²) in [4.78, 5) is 36.3. The van der Waals surface area contributed by atoms with Crippen molar-refractivity contribution < 1.29 is 23.9 Å². The van der Waals surface area contributed by atoms with Gasteiger partial charge in [0.15, 0.2) is 0 Å². The SMILES string of the molecule is C=C/C(=C\C)CCN1CCC(C(=O)OC(=O)OC)CC1=O. The molecule has 0 aliphatic carbocycles. The zero-order chi connectivity index (χ0) is 15.8. The van der Waals surface area contributed by atoms with E-state index in [2.05, 4.69) is 16.1 Å². The van der Waals surface area contributed by atoms with Crippen LogP contribution in [0.15, 0.2) is 24.3 Å². The molecule has 1 atom stereocenters. The number of allylic oxidation sites excluding steroid dienone is 2. The topological polar surface area (TPSA) is 72.9 Å². The van der Waals surface area contributed by atoms with Crippen molar-refractivity contribution in [1.82, 2.24) is 4.90 Å². The second-order valence-corrected chi connectivity index (χ2v) is 4.76. The van der Waals surface area contributed by atoms with Gasteiger partial charge in [0.05, 0.1) is 13.0 Å². The summed E-state index contributed by atoms with van der Waals surface area (Å²) in [5.41, 5.74) is 1.08. The molecule has 21 heavy (non-hydrogen) atoms. The molecule has 1 aliphatic heterocycles. The van der Waals surface area contributed by atoms with Gasteiger partial charge in [0.1, 0.15) is 0 Å². The van der Waals surface area contributed by atoms with E-state index in [1.807, 2.05) is 13.0 Å². The second-order valence-electron chi connectivity index (χ2n) is 4.76. The number of piperidine rings is 1. The van der Waals surface area contributed by atoms with Crippen LogP contribution in [0, 0.1) is 5.92 Å². The van der Waals surface area contributed by atoms with Crippen LogP contribution in [-0.2, 0) is 19.1 Å². The quantitative estimate of drug-likeness (QED) is 0.441. The lowest BCUT2D eigenvalue weighted by atomic mass is 9.96. The summed E-state index contributed by atoms with van der Waals surface area (Å²) in [7, 11) is 1.13. The normalized spacial score (nSPS) is 19.1. The Morgan fingerprint density at radius 2 is 2.19 bits per heavy atom. The van der Waals surface area contributed by atoms with E-state index < -0.39 is 18.0 Å². The molecule has 116 valence electrons. The van der Waals surface area contributed by atoms with Crippen LogP contribution in [0.4, 0.5) is 4.79 Å². The van der Waals surface area contributed by atoms with E-state index in [0.717, 1.165) is 19.1 Å². The number of carbonyl (C=O) groups excluding carboxylic acids is 3. The van der Waals surface area contributed by atoms with Gasteiger partial charge in [-0.05, 0) is 19.8 Å². The Balaban J connectivity index is 2.47. The third-order valence-corrected chi connectivity index (χ3v) is 3.51. The Kier molecular flexibility index (Phi) is 6.65. The predicted octanol–water partition coefficient (Wildman–Crippen LogP) is 2.06. The molecular formula is C15H21NO5. The lowest BCUT2D eigenvalue weighted by molar-refractivity contribution is -0.151. The number of ether oxygens (including phenoxy) is 2. The van der Waals surface area contributed by atoms with Crippen LogP contribution in [-0.4, -0.2) is 43.1 Å². The number of rotatable bonds is 5. The molecule has 0 N–H and O–H groups in total. The summed E-state index contributed by atoms with van der Waals surface area (Å²) in [5, 5.41) is 0. The van der Waals surface area contributed by atoms with E-state index in [1.54, 1.807) is 11.0 Å². The standard InChI is InChI=1S/C15H21NO5/c1-4-11(5-2)6-8-16-9-7-12(10-13(16)17)14(18)21-15(19)20-3/h4-5,12H,1,6-10H2,2-3H3/b11-5+. The lowest BCUT2D eigenvalue weighted by Gasteiger charge is -2.30. The van der Waals surface area contributed by atoms with Crippen LogP contribution in [0.25, 0.3) is 0 Å². The minimum absolute atomic E-state index is 0.0646. The third kappa shape index (κ3) is 5.06. The summed E-state index contributed by atoms with van der Waals surface area (Å²) in [6.45, 7) is 6.71. The molecule has 0 spiro atoms. The first-order chi connectivity index (χ1) is 10.0. The summed E-state index contributed by atoms with van der Waals surface area (Å²) in [6, 6.07) is 0. The second kappa shape index (κ2) is 8.24. The van der Waals surface area contributed by atoms with Crippen LogP contribution >= 0.6 is 0 Å². The molecule has 0 bridgehead atoms. The molecule has 1 unspecified atom stereocenters. The van der Waals surface area contributed by atoms with Crippen molar-refractivity contribution in [2.24, 2.45) is 5.92 Å². The van der Waals surface area contributed by atoms with Crippen molar-refractivity contribution in [3.8, 4) is 0 Å². The van der Waals surface area contributed by atoms with E-state index in [1.165, 1.54) is 0 Å². The fraction of sp³-hybridized carbons (Fsp3) is 0.533. The highest BCUT2D eigenvalue weighted by Gasteiger charge is 2.32. The third-order valence-electron chi connectivity index (χ3n) is 3.51. The molecular weight excluding hydrogens is 274 g/mol. The van der Waals surface area contributed by atoms with Crippen LogP contribution in [0.1, 0.15) is 26.2 Å². The number of hydrogen-bond donors (Lipinski definition) is 0. The molecule has 1 saturated heterocycles. The van der Waals surface area contributed by atoms with Crippen molar-refractivity contribution in [3.05, 3.63) is 24.3 Å². The number of esters is 1. The Morgan fingerprint density at radius 3 is 2.71 bits per heavy atom. The maximum absolute atomic E-state index is 12.0. The van der Waals surface area contributed by atoms with Gasteiger partial charge < -0.3 is 14.4 Å². The molecule has 0 radical (unpaired) electrons. The average molecular weight is 295 g/mol. The zero-order valence-corrected chi connectivity index (χ0v) is 12.5. The summed E-state index contributed by atoms with van der Waals surface area (Å²) >= 11 is 0. The number of nitrogens with zero attached hydrogens (tertiary/aromatic N) is 1. The number of hydrogen-bond acceptors (Lipinski definition) is 5. The highest BCUT2D eigenvalue weighted by molar-refractivity contribution is 5.88. The number of methoxy groups -OCH3 is 1. The van der Waals surface area contributed by atoms with E-state index >= 15 is 0 Å². The molecule has 0 saturated carbocycles. The predicted molar refractivity (Wildman–Crippen MR) is 76.4 cm³/mol. The van der Waals surface area contributed by atoms with Crippen LogP contribution in [0.3, 0.4) is 0 Å². The van der Waals surface area contributed by atoms with Gasteiger partial charge in [-0.1, -0.05) is 24.3 Å². The fourth-order valence-corrected chi connectivity index (χ4v) is 2.15. The molecule has 1 amide bonds. The molecule has 6 nitrogen and oxygen atoms in total. The Bertz CT molecular complexity index is 455. The Hall–Kier alpha value is -2.11. The molecule has 0 aromatic rings. The van der Waals surface area contributed by atoms with E-state index in [9.17, 15) is 14.4 Å². The van der Waals surface area contributed by atoms with Gasteiger partial charge in [0.2, 0.25) is 5.91 Å². The van der Waals surface area contributed by atoms with Crippen LogP contribution in [0.5, 0.6) is 0 Å². The molecule has 1 aliphatic rings. The maximum Gasteiger partial charge on any atom is 0.515 e. The van der Waals surface area contributed by atoms with Gasteiger partial charge in [-0.25, -0.2) is 4.79 Å². The largest absolute Gasteiger partial charge is 0.515 e. The highest BCUT2D eigenvalue weighted by Crippen LogP contribution is 2.21. The minimum Gasteiger partial charge on any atom is -0.437 e. The van der Waals surface area contributed by atoms with Gasteiger partial charge in [0.25, 0.3) is 0 Å². The summed E-state index contributed by atoms with van der Waals surface area (Å²) < 4.78 is 8.72. The molecule has 1 fully saturated rings. The molecule has 6 heteroatoms. The van der Waals surface area contributed by atoms with Crippen molar-refractivity contribution in [3.63, 3.8) is 0 Å².